The summed E-state index contributed by atoms with van der Waals surface area (Å²) in [4.78, 5) is 29.2. The van der Waals surface area contributed by atoms with E-state index < -0.39 is 28.5 Å². The molecule has 0 aromatic heterocycles. The minimum atomic E-state index is -3.81. The number of hydrogen-bond donors (Lipinski definition) is 1. The monoisotopic (exact) mass is 583 g/mol. The minimum Gasteiger partial charge on any atom is -0.354 e. The maximum absolute atomic E-state index is 14.1. The van der Waals surface area contributed by atoms with Crippen LogP contribution in [0.2, 0.25) is 5.02 Å². The lowest BCUT2D eigenvalue weighted by molar-refractivity contribution is -0.140. The lowest BCUT2D eigenvalue weighted by Gasteiger charge is -2.33. The summed E-state index contributed by atoms with van der Waals surface area (Å²) in [6, 6.07) is 21.1. The van der Waals surface area contributed by atoms with Crippen molar-refractivity contribution in [2.75, 3.05) is 23.7 Å². The van der Waals surface area contributed by atoms with E-state index in [9.17, 15) is 18.0 Å². The zero-order chi connectivity index (χ0) is 29.3. The van der Waals surface area contributed by atoms with Crippen molar-refractivity contribution in [1.29, 1.82) is 0 Å². The van der Waals surface area contributed by atoms with E-state index in [0.717, 1.165) is 45.7 Å². The van der Waals surface area contributed by atoms with E-state index in [1.807, 2.05) is 57.2 Å². The van der Waals surface area contributed by atoms with Gasteiger partial charge in [0.1, 0.15) is 12.6 Å². The number of unbranched alkanes of at least 4 members (excludes halogenated alkanes) is 1. The Morgan fingerprint density at radius 3 is 2.12 bits per heavy atom. The SMILES string of the molecule is CCCCNC(=O)C(Cc1ccccc1)N(Cc1ccc(Cl)cc1)C(=O)CN(c1cc(C)cc(C)c1)S(C)(=O)=O. The van der Waals surface area contributed by atoms with Crippen LogP contribution in [0.15, 0.2) is 72.8 Å². The first-order valence-electron chi connectivity index (χ1n) is 13.4. The fourth-order valence-corrected chi connectivity index (χ4v) is 5.51. The number of nitrogens with one attached hydrogen (secondary N) is 1. The summed E-state index contributed by atoms with van der Waals surface area (Å²) < 4.78 is 27.0. The molecule has 0 aliphatic carbocycles. The molecule has 3 aromatic rings. The molecule has 9 heteroatoms. The molecule has 1 unspecified atom stereocenters. The van der Waals surface area contributed by atoms with Crippen molar-refractivity contribution in [3.8, 4) is 0 Å². The molecule has 7 nitrogen and oxygen atoms in total. The average Bonchev–Trinajstić information content (AvgIpc) is 2.89. The molecule has 1 atom stereocenters. The van der Waals surface area contributed by atoms with Gasteiger partial charge in [-0.3, -0.25) is 13.9 Å². The van der Waals surface area contributed by atoms with Crippen LogP contribution in [0.4, 0.5) is 5.69 Å². The van der Waals surface area contributed by atoms with Gasteiger partial charge in [-0.15, -0.1) is 0 Å². The summed E-state index contributed by atoms with van der Waals surface area (Å²) in [7, 11) is -3.81. The van der Waals surface area contributed by atoms with Gasteiger partial charge >= 0.3 is 0 Å². The van der Waals surface area contributed by atoms with E-state index >= 15 is 0 Å². The Labute approximate surface area is 243 Å². The van der Waals surface area contributed by atoms with Crippen molar-refractivity contribution in [3.05, 3.63) is 100 Å². The van der Waals surface area contributed by atoms with Gasteiger partial charge in [0.05, 0.1) is 11.9 Å². The molecule has 3 aromatic carbocycles. The number of hydrogen-bond acceptors (Lipinski definition) is 4. The fraction of sp³-hybridized carbons (Fsp3) is 0.355. The Balaban J connectivity index is 2.04. The van der Waals surface area contributed by atoms with Gasteiger partial charge in [-0.25, -0.2) is 8.42 Å². The molecule has 0 heterocycles. The van der Waals surface area contributed by atoms with E-state index in [1.165, 1.54) is 4.90 Å². The number of carbonyl (C=O) groups excluding carboxylic acids is 2. The molecule has 0 saturated heterocycles. The number of aryl methyl sites for hydroxylation is 2. The van der Waals surface area contributed by atoms with E-state index in [1.54, 1.807) is 36.4 Å². The largest absolute Gasteiger partial charge is 0.354 e. The topological polar surface area (TPSA) is 86.8 Å². The first-order valence-corrected chi connectivity index (χ1v) is 15.6. The van der Waals surface area contributed by atoms with Crippen LogP contribution >= 0.6 is 11.6 Å². The molecule has 0 radical (unpaired) electrons. The van der Waals surface area contributed by atoms with Crippen LogP contribution in [0.25, 0.3) is 0 Å². The van der Waals surface area contributed by atoms with Crippen LogP contribution < -0.4 is 9.62 Å². The smallest absolute Gasteiger partial charge is 0.244 e. The highest BCUT2D eigenvalue weighted by Crippen LogP contribution is 2.23. The standard InChI is InChI=1S/C31H38ClN3O4S/c1-5-6-16-33-31(37)29(20-25-10-8-7-9-11-25)34(21-26-12-14-27(32)15-13-26)30(36)22-35(40(4,38)39)28-18-23(2)17-24(3)19-28/h7-15,17-19,29H,5-6,16,20-22H2,1-4H3,(H,33,37). The molecule has 1 N–H and O–H groups in total. The summed E-state index contributed by atoms with van der Waals surface area (Å²) >= 11 is 6.10. The van der Waals surface area contributed by atoms with Gasteiger partial charge in [0.15, 0.2) is 0 Å². The van der Waals surface area contributed by atoms with Gasteiger partial charge in [-0.05, 0) is 66.8 Å². The number of rotatable bonds is 13. The number of anilines is 1. The quantitative estimate of drug-likeness (QED) is 0.277. The lowest BCUT2D eigenvalue weighted by Crippen LogP contribution is -2.53. The highest BCUT2D eigenvalue weighted by molar-refractivity contribution is 7.92. The predicted molar refractivity (Wildman–Crippen MR) is 162 cm³/mol. The summed E-state index contributed by atoms with van der Waals surface area (Å²) in [5.41, 5.74) is 3.83. The Kier molecular flexibility index (Phi) is 11.2. The van der Waals surface area contributed by atoms with Crippen LogP contribution in [-0.4, -0.2) is 50.5 Å². The molecule has 3 rings (SSSR count). The lowest BCUT2D eigenvalue weighted by atomic mass is 10.0. The van der Waals surface area contributed by atoms with Gasteiger partial charge < -0.3 is 10.2 Å². The van der Waals surface area contributed by atoms with Crippen molar-refractivity contribution >= 4 is 39.1 Å². The normalized spacial score (nSPS) is 12.0. The third-order valence-electron chi connectivity index (χ3n) is 6.54. The van der Waals surface area contributed by atoms with Crippen molar-refractivity contribution in [2.24, 2.45) is 0 Å². The first-order chi connectivity index (χ1) is 19.0. The van der Waals surface area contributed by atoms with Crippen LogP contribution in [-0.2, 0) is 32.6 Å². The van der Waals surface area contributed by atoms with Gasteiger partial charge in [0, 0.05) is 24.5 Å². The summed E-state index contributed by atoms with van der Waals surface area (Å²) in [5, 5.41) is 3.53. The molecule has 0 aliphatic rings. The van der Waals surface area contributed by atoms with Crippen molar-refractivity contribution in [2.45, 2.75) is 52.6 Å². The van der Waals surface area contributed by atoms with Gasteiger partial charge in [0.25, 0.3) is 0 Å². The van der Waals surface area contributed by atoms with Crippen molar-refractivity contribution in [1.82, 2.24) is 10.2 Å². The zero-order valence-electron chi connectivity index (χ0n) is 23.6. The zero-order valence-corrected chi connectivity index (χ0v) is 25.1. The molecule has 0 bridgehead atoms. The van der Waals surface area contributed by atoms with E-state index in [2.05, 4.69) is 5.32 Å². The summed E-state index contributed by atoms with van der Waals surface area (Å²) in [5.74, 6) is -0.761. The van der Waals surface area contributed by atoms with Crippen LogP contribution in [0.5, 0.6) is 0 Å². The first kappa shape index (κ1) is 31.2. The molecule has 40 heavy (non-hydrogen) atoms. The molecular weight excluding hydrogens is 546 g/mol. The third-order valence-corrected chi connectivity index (χ3v) is 7.93. The molecule has 2 amide bonds. The summed E-state index contributed by atoms with van der Waals surface area (Å²) in [6.07, 6.45) is 3.08. The van der Waals surface area contributed by atoms with Crippen LogP contribution in [0.3, 0.4) is 0 Å². The number of halogens is 1. The van der Waals surface area contributed by atoms with Crippen molar-refractivity contribution < 1.29 is 18.0 Å². The van der Waals surface area contributed by atoms with E-state index in [-0.39, 0.29) is 18.9 Å². The van der Waals surface area contributed by atoms with Gasteiger partial charge in [-0.1, -0.05) is 73.5 Å². The average molecular weight is 584 g/mol. The van der Waals surface area contributed by atoms with Crippen LogP contribution in [0.1, 0.15) is 42.0 Å². The second kappa shape index (κ2) is 14.3. The third kappa shape index (κ3) is 9.10. The Bertz CT molecular complexity index is 1380. The van der Waals surface area contributed by atoms with Crippen molar-refractivity contribution in [3.63, 3.8) is 0 Å². The molecule has 214 valence electrons. The highest BCUT2D eigenvalue weighted by atomic mass is 35.5. The fourth-order valence-electron chi connectivity index (χ4n) is 4.55. The van der Waals surface area contributed by atoms with Gasteiger partial charge in [0.2, 0.25) is 21.8 Å². The second-order valence-electron chi connectivity index (χ2n) is 10.1. The Morgan fingerprint density at radius 2 is 1.55 bits per heavy atom. The van der Waals surface area contributed by atoms with Crippen LogP contribution in [0, 0.1) is 13.8 Å². The number of benzene rings is 3. The maximum atomic E-state index is 14.1. The molecule has 0 aliphatic heterocycles. The highest BCUT2D eigenvalue weighted by Gasteiger charge is 2.33. The Hall–Kier alpha value is -3.36. The molecular formula is C31H38ClN3O4S. The van der Waals surface area contributed by atoms with E-state index in [0.29, 0.717) is 17.3 Å². The molecule has 0 saturated carbocycles. The number of carbonyl (C=O) groups is 2. The second-order valence-corrected chi connectivity index (χ2v) is 12.5. The number of nitrogens with zero attached hydrogens (tertiary/aromatic N) is 2. The predicted octanol–water partition coefficient (Wildman–Crippen LogP) is 5.28. The number of sulfonamides is 1. The van der Waals surface area contributed by atoms with Gasteiger partial charge in [-0.2, -0.15) is 0 Å². The molecule has 0 fully saturated rings. The minimum absolute atomic E-state index is 0.110. The maximum Gasteiger partial charge on any atom is 0.244 e. The Morgan fingerprint density at radius 1 is 0.925 bits per heavy atom. The molecule has 0 spiro atoms. The summed E-state index contributed by atoms with van der Waals surface area (Å²) in [6.45, 7) is 5.95. The number of amides is 2. The van der Waals surface area contributed by atoms with E-state index in [4.69, 9.17) is 11.6 Å².